The van der Waals surface area contributed by atoms with E-state index in [9.17, 15) is 13.2 Å². The fourth-order valence-electron chi connectivity index (χ4n) is 3.55. The van der Waals surface area contributed by atoms with Gasteiger partial charge in [-0.05, 0) is 19.9 Å². The minimum absolute atomic E-state index is 0.310. The zero-order chi connectivity index (χ0) is 15.0. The number of rotatable bonds is 2. The van der Waals surface area contributed by atoms with Gasteiger partial charge in [-0.15, -0.1) is 10.2 Å². The molecule has 1 aliphatic heterocycles. The zero-order valence-electron chi connectivity index (χ0n) is 12.0. The van der Waals surface area contributed by atoms with Crippen molar-refractivity contribution < 1.29 is 13.2 Å². The van der Waals surface area contributed by atoms with Gasteiger partial charge in [0.2, 0.25) is 5.82 Å². The van der Waals surface area contributed by atoms with E-state index in [1.807, 2.05) is 7.05 Å². The standard InChI is InChI=1S/C13H20F3N5/c1-17-9-4-2-3-5-10(9)20-6-7-21-11(8-20)18-19-12(21)13(14,15)16/h9-10,17H,2-8H2,1H3. The highest BCUT2D eigenvalue weighted by Crippen LogP contribution is 2.31. The van der Waals surface area contributed by atoms with Crippen LogP contribution in [-0.4, -0.2) is 45.3 Å². The van der Waals surface area contributed by atoms with Crippen LogP contribution in [-0.2, 0) is 19.3 Å². The molecule has 3 rings (SSSR count). The first kappa shape index (κ1) is 14.8. The molecule has 1 N–H and O–H groups in total. The van der Waals surface area contributed by atoms with Crippen LogP contribution in [0.4, 0.5) is 13.2 Å². The van der Waals surface area contributed by atoms with E-state index in [0.29, 0.717) is 37.5 Å². The van der Waals surface area contributed by atoms with Crippen LogP contribution in [0.15, 0.2) is 0 Å². The first-order valence-corrected chi connectivity index (χ1v) is 7.41. The lowest BCUT2D eigenvalue weighted by Crippen LogP contribution is -2.53. The number of aromatic nitrogens is 3. The van der Waals surface area contributed by atoms with Crippen molar-refractivity contribution >= 4 is 0 Å². The van der Waals surface area contributed by atoms with Crippen LogP contribution in [0, 0.1) is 0 Å². The highest BCUT2D eigenvalue weighted by Gasteiger charge is 2.40. The second-order valence-corrected chi connectivity index (χ2v) is 5.81. The van der Waals surface area contributed by atoms with Crippen LogP contribution in [0.1, 0.15) is 37.3 Å². The smallest absolute Gasteiger partial charge is 0.315 e. The quantitative estimate of drug-likeness (QED) is 0.902. The van der Waals surface area contributed by atoms with Gasteiger partial charge in [0.05, 0.1) is 6.54 Å². The Bertz CT molecular complexity index is 498. The fraction of sp³-hybridized carbons (Fsp3) is 0.846. The molecule has 8 heteroatoms. The molecule has 2 heterocycles. The summed E-state index contributed by atoms with van der Waals surface area (Å²) in [7, 11) is 1.96. The molecule has 21 heavy (non-hydrogen) atoms. The fourth-order valence-corrected chi connectivity index (χ4v) is 3.55. The molecule has 0 aromatic carbocycles. The number of halogens is 3. The Hall–Kier alpha value is -1.15. The molecule has 118 valence electrons. The number of nitrogens with zero attached hydrogens (tertiary/aromatic N) is 4. The predicted molar refractivity (Wildman–Crippen MR) is 70.5 cm³/mol. The van der Waals surface area contributed by atoms with E-state index in [-0.39, 0.29) is 0 Å². The second kappa shape index (κ2) is 5.57. The second-order valence-electron chi connectivity index (χ2n) is 5.81. The maximum Gasteiger partial charge on any atom is 0.451 e. The highest BCUT2D eigenvalue weighted by atomic mass is 19.4. The van der Waals surface area contributed by atoms with Crippen LogP contribution in [0.25, 0.3) is 0 Å². The number of hydrogen-bond donors (Lipinski definition) is 1. The minimum atomic E-state index is -4.42. The summed E-state index contributed by atoms with van der Waals surface area (Å²) in [5.74, 6) is -0.444. The third-order valence-electron chi connectivity index (χ3n) is 4.61. The largest absolute Gasteiger partial charge is 0.451 e. The average molecular weight is 303 g/mol. The molecule has 1 aliphatic carbocycles. The lowest BCUT2D eigenvalue weighted by atomic mass is 9.89. The normalized spacial score (nSPS) is 27.6. The summed E-state index contributed by atoms with van der Waals surface area (Å²) >= 11 is 0. The molecule has 0 spiro atoms. The van der Waals surface area contributed by atoms with Gasteiger partial charge in [-0.2, -0.15) is 13.2 Å². The zero-order valence-corrected chi connectivity index (χ0v) is 12.0. The maximum atomic E-state index is 12.8. The van der Waals surface area contributed by atoms with E-state index in [0.717, 1.165) is 12.8 Å². The van der Waals surface area contributed by atoms with E-state index in [2.05, 4.69) is 20.4 Å². The lowest BCUT2D eigenvalue weighted by Gasteiger charge is -2.41. The van der Waals surface area contributed by atoms with Crippen molar-refractivity contribution in [1.82, 2.24) is 25.0 Å². The molecule has 1 aromatic rings. The van der Waals surface area contributed by atoms with Crippen molar-refractivity contribution in [1.29, 1.82) is 0 Å². The Morgan fingerprint density at radius 2 is 1.90 bits per heavy atom. The van der Waals surface area contributed by atoms with E-state index in [1.165, 1.54) is 17.4 Å². The third-order valence-corrected chi connectivity index (χ3v) is 4.61. The molecule has 0 bridgehead atoms. The molecule has 1 saturated carbocycles. The van der Waals surface area contributed by atoms with Gasteiger partial charge in [0.25, 0.3) is 0 Å². The topological polar surface area (TPSA) is 46.0 Å². The van der Waals surface area contributed by atoms with Gasteiger partial charge >= 0.3 is 6.18 Å². The van der Waals surface area contributed by atoms with Crippen LogP contribution < -0.4 is 5.32 Å². The van der Waals surface area contributed by atoms with Crippen molar-refractivity contribution in [2.75, 3.05) is 13.6 Å². The van der Waals surface area contributed by atoms with Crippen molar-refractivity contribution in [3.63, 3.8) is 0 Å². The van der Waals surface area contributed by atoms with Crippen LogP contribution in [0.5, 0.6) is 0 Å². The Balaban J connectivity index is 1.77. The molecule has 0 amide bonds. The SMILES string of the molecule is CNC1CCCCC1N1CCn2c(nnc2C(F)(F)F)C1. The van der Waals surface area contributed by atoms with Crippen molar-refractivity contribution in [3.8, 4) is 0 Å². The number of hydrogen-bond acceptors (Lipinski definition) is 4. The van der Waals surface area contributed by atoms with Crippen LogP contribution in [0.2, 0.25) is 0 Å². The monoisotopic (exact) mass is 303 g/mol. The number of fused-ring (bicyclic) bond motifs is 1. The first-order chi connectivity index (χ1) is 10.0. The predicted octanol–water partition coefficient (Wildman–Crippen LogP) is 1.64. The molecule has 1 aromatic heterocycles. The lowest BCUT2D eigenvalue weighted by molar-refractivity contribution is -0.148. The molecule has 5 nitrogen and oxygen atoms in total. The summed E-state index contributed by atoms with van der Waals surface area (Å²) in [5.41, 5.74) is 0. The van der Waals surface area contributed by atoms with E-state index >= 15 is 0 Å². The molecular formula is C13H20F3N5. The van der Waals surface area contributed by atoms with Gasteiger partial charge in [0.15, 0.2) is 0 Å². The van der Waals surface area contributed by atoms with Gasteiger partial charge in [0, 0.05) is 25.2 Å². The van der Waals surface area contributed by atoms with Crippen molar-refractivity contribution in [2.45, 2.75) is 57.0 Å². The number of likely N-dealkylation sites (N-methyl/N-ethyl adjacent to an activating group) is 1. The summed E-state index contributed by atoms with van der Waals surface area (Å²) < 4.78 is 39.7. The van der Waals surface area contributed by atoms with Gasteiger partial charge in [-0.1, -0.05) is 12.8 Å². The molecule has 2 unspecified atom stereocenters. The molecule has 0 saturated heterocycles. The van der Waals surface area contributed by atoms with Crippen LogP contribution >= 0.6 is 0 Å². The Labute approximate surface area is 121 Å². The van der Waals surface area contributed by atoms with E-state index in [1.54, 1.807) is 0 Å². The number of alkyl halides is 3. The summed E-state index contributed by atoms with van der Waals surface area (Å²) in [5, 5.41) is 10.4. The Morgan fingerprint density at radius 1 is 1.14 bits per heavy atom. The van der Waals surface area contributed by atoms with E-state index < -0.39 is 12.0 Å². The summed E-state index contributed by atoms with van der Waals surface area (Å²) in [4.78, 5) is 2.25. The highest BCUT2D eigenvalue weighted by molar-refractivity contribution is 5.03. The van der Waals surface area contributed by atoms with Crippen molar-refractivity contribution in [3.05, 3.63) is 11.6 Å². The molecular weight excluding hydrogens is 283 g/mol. The maximum absolute atomic E-state index is 12.8. The summed E-state index contributed by atoms with van der Waals surface area (Å²) in [6, 6.07) is 0.791. The van der Waals surface area contributed by atoms with E-state index in [4.69, 9.17) is 0 Å². The number of nitrogens with one attached hydrogen (secondary N) is 1. The first-order valence-electron chi connectivity index (χ1n) is 7.41. The molecule has 2 aliphatic rings. The van der Waals surface area contributed by atoms with Gasteiger partial charge in [-0.25, -0.2) is 0 Å². The molecule has 1 fully saturated rings. The average Bonchev–Trinajstić information content (AvgIpc) is 2.90. The minimum Gasteiger partial charge on any atom is -0.315 e. The van der Waals surface area contributed by atoms with Gasteiger partial charge in [0.1, 0.15) is 5.82 Å². The Kier molecular flexibility index (Phi) is 3.92. The molecule has 0 radical (unpaired) electrons. The van der Waals surface area contributed by atoms with Crippen LogP contribution in [0.3, 0.4) is 0 Å². The van der Waals surface area contributed by atoms with Gasteiger partial charge < -0.3 is 9.88 Å². The third kappa shape index (κ3) is 2.78. The van der Waals surface area contributed by atoms with Crippen molar-refractivity contribution in [2.24, 2.45) is 0 Å². The Morgan fingerprint density at radius 3 is 2.62 bits per heavy atom. The summed E-state index contributed by atoms with van der Waals surface area (Å²) in [6.07, 6.45) is 0.180. The van der Waals surface area contributed by atoms with Gasteiger partial charge in [-0.3, -0.25) is 4.90 Å². The summed E-state index contributed by atoms with van der Waals surface area (Å²) in [6.45, 7) is 1.38. The molecule has 2 atom stereocenters.